The first-order chi connectivity index (χ1) is 13.3. The highest BCUT2D eigenvalue weighted by molar-refractivity contribution is 9.10. The Bertz CT molecular complexity index is 903. The quantitative estimate of drug-likeness (QED) is 0.379. The Kier molecular flexibility index (Phi) is 7.21. The number of rotatable bonds is 7. The second-order valence-electron chi connectivity index (χ2n) is 5.64. The van der Waals surface area contributed by atoms with E-state index in [2.05, 4.69) is 26.6 Å². The summed E-state index contributed by atoms with van der Waals surface area (Å²) < 4.78 is 5.20. The molecular weight excluding hydrogens is 434 g/mol. The van der Waals surface area contributed by atoms with Crippen molar-refractivity contribution in [1.82, 2.24) is 5.32 Å². The van der Waals surface area contributed by atoms with Crippen molar-refractivity contribution in [3.8, 4) is 0 Å². The molecule has 0 heterocycles. The van der Waals surface area contributed by atoms with Crippen LogP contribution in [-0.2, 0) is 14.3 Å². The molecule has 0 aliphatic rings. The highest BCUT2D eigenvalue weighted by atomic mass is 79.9. The van der Waals surface area contributed by atoms with Crippen LogP contribution in [0.25, 0.3) is 0 Å². The summed E-state index contributed by atoms with van der Waals surface area (Å²) in [6.07, 6.45) is 0. The maximum atomic E-state index is 12.0. The first kappa shape index (κ1) is 21.0. The van der Waals surface area contributed by atoms with Gasteiger partial charge in [0, 0.05) is 22.2 Å². The number of nitrogens with zero attached hydrogens (tertiary/aromatic N) is 1. The lowest BCUT2D eigenvalue weighted by atomic mass is 10.2. The number of anilines is 1. The zero-order valence-electron chi connectivity index (χ0n) is 14.7. The Morgan fingerprint density at radius 2 is 1.86 bits per heavy atom. The molecule has 0 fully saturated rings. The van der Waals surface area contributed by atoms with E-state index in [0.717, 1.165) is 0 Å². The minimum absolute atomic E-state index is 0.140. The lowest BCUT2D eigenvalue weighted by Gasteiger charge is -2.13. The van der Waals surface area contributed by atoms with Crippen molar-refractivity contribution in [1.29, 1.82) is 0 Å². The van der Waals surface area contributed by atoms with Gasteiger partial charge in [-0.15, -0.1) is 0 Å². The van der Waals surface area contributed by atoms with E-state index >= 15 is 0 Å². The van der Waals surface area contributed by atoms with Gasteiger partial charge in [0.25, 0.3) is 17.5 Å². The maximum absolute atomic E-state index is 12.0. The average molecular weight is 450 g/mol. The van der Waals surface area contributed by atoms with Crippen LogP contribution in [0.15, 0.2) is 53.0 Å². The zero-order chi connectivity index (χ0) is 20.7. The van der Waals surface area contributed by atoms with E-state index in [4.69, 9.17) is 4.74 Å². The van der Waals surface area contributed by atoms with Crippen LogP contribution in [0.2, 0.25) is 0 Å². The summed E-state index contributed by atoms with van der Waals surface area (Å²) in [5.41, 5.74) is 0.541. The molecule has 0 radical (unpaired) electrons. The van der Waals surface area contributed by atoms with E-state index in [1.807, 2.05) is 0 Å². The highest BCUT2D eigenvalue weighted by Crippen LogP contribution is 2.26. The maximum Gasteiger partial charge on any atom is 0.328 e. The van der Waals surface area contributed by atoms with E-state index in [9.17, 15) is 24.5 Å². The number of carbonyl (C=O) groups is 3. The van der Waals surface area contributed by atoms with E-state index < -0.39 is 35.4 Å². The lowest BCUT2D eigenvalue weighted by Crippen LogP contribution is -2.40. The number of hydrogen-bond acceptors (Lipinski definition) is 6. The van der Waals surface area contributed by atoms with Gasteiger partial charge in [-0.05, 0) is 41.1 Å². The van der Waals surface area contributed by atoms with Gasteiger partial charge in [-0.25, -0.2) is 4.79 Å². The van der Waals surface area contributed by atoms with Crippen molar-refractivity contribution in [2.24, 2.45) is 0 Å². The monoisotopic (exact) mass is 449 g/mol. The minimum atomic E-state index is -0.952. The molecule has 9 nitrogen and oxygen atoms in total. The topological polar surface area (TPSA) is 128 Å². The molecule has 2 rings (SSSR count). The number of ether oxygens (including phenoxy) is 1. The summed E-state index contributed by atoms with van der Waals surface area (Å²) in [6.45, 7) is 0.863. The molecule has 10 heteroatoms. The molecule has 0 aliphatic carbocycles. The number of nitrogens with one attached hydrogen (secondary N) is 2. The van der Waals surface area contributed by atoms with Crippen LogP contribution in [0.4, 0.5) is 11.4 Å². The number of benzene rings is 2. The molecule has 0 aliphatic heterocycles. The van der Waals surface area contributed by atoms with Gasteiger partial charge >= 0.3 is 5.97 Å². The number of carbonyl (C=O) groups excluding carboxylic acids is 3. The van der Waals surface area contributed by atoms with Gasteiger partial charge in [0.1, 0.15) is 6.04 Å². The number of nitro benzene ring substituents is 1. The lowest BCUT2D eigenvalue weighted by molar-refractivity contribution is -0.384. The second-order valence-corrected chi connectivity index (χ2v) is 6.49. The van der Waals surface area contributed by atoms with Crippen LogP contribution in [0.3, 0.4) is 0 Å². The molecule has 28 heavy (non-hydrogen) atoms. The third-order valence-electron chi connectivity index (χ3n) is 3.52. The molecule has 1 unspecified atom stereocenters. The van der Waals surface area contributed by atoms with Crippen molar-refractivity contribution < 1.29 is 24.0 Å². The van der Waals surface area contributed by atoms with Crippen molar-refractivity contribution in [2.75, 3.05) is 11.9 Å². The fraction of sp³-hybridized carbons (Fsp3) is 0.167. The number of nitro groups is 1. The molecule has 0 saturated carbocycles. The van der Waals surface area contributed by atoms with E-state index in [1.54, 1.807) is 30.3 Å². The van der Waals surface area contributed by atoms with Gasteiger partial charge in [0.15, 0.2) is 6.61 Å². The van der Waals surface area contributed by atoms with E-state index in [1.165, 1.54) is 25.1 Å². The van der Waals surface area contributed by atoms with Crippen LogP contribution in [0.1, 0.15) is 17.3 Å². The summed E-state index contributed by atoms with van der Waals surface area (Å²) in [4.78, 5) is 46.0. The Labute approximate surface area is 168 Å². The van der Waals surface area contributed by atoms with Crippen LogP contribution >= 0.6 is 15.9 Å². The van der Waals surface area contributed by atoms with Gasteiger partial charge in [-0.1, -0.05) is 18.2 Å². The van der Waals surface area contributed by atoms with E-state index in [-0.39, 0.29) is 11.4 Å². The van der Waals surface area contributed by atoms with Crippen molar-refractivity contribution >= 4 is 45.1 Å². The number of non-ortho nitro benzene ring substituents is 1. The van der Waals surface area contributed by atoms with Gasteiger partial charge in [0.05, 0.1) is 10.6 Å². The Balaban J connectivity index is 1.84. The van der Waals surface area contributed by atoms with Crippen LogP contribution in [0, 0.1) is 10.1 Å². The Morgan fingerprint density at radius 1 is 1.18 bits per heavy atom. The zero-order valence-corrected chi connectivity index (χ0v) is 16.3. The van der Waals surface area contributed by atoms with Crippen molar-refractivity contribution in [3.05, 3.63) is 68.7 Å². The summed E-state index contributed by atoms with van der Waals surface area (Å²) in [5.74, 6) is -1.85. The molecule has 146 valence electrons. The normalized spacial score (nSPS) is 11.2. The predicted octanol–water partition coefficient (Wildman–Crippen LogP) is 2.66. The fourth-order valence-electron chi connectivity index (χ4n) is 2.10. The smallest absolute Gasteiger partial charge is 0.328 e. The van der Waals surface area contributed by atoms with Gasteiger partial charge in [0.2, 0.25) is 0 Å². The van der Waals surface area contributed by atoms with Gasteiger partial charge in [-0.3, -0.25) is 19.7 Å². The molecule has 0 aromatic heterocycles. The average Bonchev–Trinajstić information content (AvgIpc) is 2.68. The predicted molar refractivity (Wildman–Crippen MR) is 104 cm³/mol. The number of esters is 1. The molecule has 0 saturated heterocycles. The third-order valence-corrected chi connectivity index (χ3v) is 4.18. The number of hydrogen-bond donors (Lipinski definition) is 2. The first-order valence-electron chi connectivity index (χ1n) is 8.04. The molecular formula is C18H16BrN3O6. The van der Waals surface area contributed by atoms with Crippen LogP contribution in [-0.4, -0.2) is 35.4 Å². The molecule has 2 amide bonds. The fourth-order valence-corrected chi connectivity index (χ4v) is 2.56. The summed E-state index contributed by atoms with van der Waals surface area (Å²) in [5, 5.41) is 15.6. The highest BCUT2D eigenvalue weighted by Gasteiger charge is 2.19. The summed E-state index contributed by atoms with van der Waals surface area (Å²) in [6, 6.07) is 11.2. The third kappa shape index (κ3) is 5.88. The largest absolute Gasteiger partial charge is 0.454 e. The Hall–Kier alpha value is -3.27. The molecule has 2 aromatic carbocycles. The van der Waals surface area contributed by atoms with Crippen molar-refractivity contribution in [3.63, 3.8) is 0 Å². The molecule has 1 atom stereocenters. The van der Waals surface area contributed by atoms with Gasteiger partial charge in [-0.2, -0.15) is 0 Å². The van der Waals surface area contributed by atoms with Crippen LogP contribution in [0.5, 0.6) is 0 Å². The van der Waals surface area contributed by atoms with Gasteiger partial charge < -0.3 is 15.4 Å². The number of halogens is 1. The van der Waals surface area contributed by atoms with E-state index in [0.29, 0.717) is 10.0 Å². The molecule has 2 aromatic rings. The first-order valence-corrected chi connectivity index (χ1v) is 8.83. The molecule has 2 N–H and O–H groups in total. The summed E-state index contributed by atoms with van der Waals surface area (Å²) in [7, 11) is 0. The SMILES string of the molecule is CC(NC(=O)c1ccccc1)C(=O)OCC(=O)Nc1ccc([N+](=O)[O-])cc1Br. The number of amides is 2. The van der Waals surface area contributed by atoms with Crippen LogP contribution < -0.4 is 10.6 Å². The standard InChI is InChI=1S/C18H16BrN3O6/c1-11(20-17(24)12-5-3-2-4-6-12)18(25)28-10-16(23)21-15-8-7-13(22(26)27)9-14(15)19/h2-9,11H,10H2,1H3,(H,20,24)(H,21,23). The second kappa shape index (κ2) is 9.60. The summed E-state index contributed by atoms with van der Waals surface area (Å²) >= 11 is 3.12. The Morgan fingerprint density at radius 3 is 2.46 bits per heavy atom. The molecule has 0 bridgehead atoms. The minimum Gasteiger partial charge on any atom is -0.454 e. The van der Waals surface area contributed by atoms with Crippen molar-refractivity contribution in [2.45, 2.75) is 13.0 Å². The molecule has 0 spiro atoms.